The number of benzene rings is 2. The molecule has 0 aromatic heterocycles. The maximum absolute atomic E-state index is 11.7. The molecule has 1 amide bonds. The van der Waals surface area contributed by atoms with Crippen molar-refractivity contribution in [3.63, 3.8) is 0 Å². The van der Waals surface area contributed by atoms with Crippen LogP contribution >= 0.6 is 0 Å². The quantitative estimate of drug-likeness (QED) is 0.545. The lowest BCUT2D eigenvalue weighted by Gasteiger charge is -2.35. The highest BCUT2D eigenvalue weighted by Crippen LogP contribution is 2.39. The lowest BCUT2D eigenvalue weighted by atomic mass is 9.69. The molecule has 2 N–H and O–H groups in total. The molecular formula is C27H35NO. The van der Waals surface area contributed by atoms with E-state index < -0.39 is 0 Å². The van der Waals surface area contributed by atoms with Gasteiger partial charge in [-0.3, -0.25) is 4.79 Å². The van der Waals surface area contributed by atoms with Crippen LogP contribution in [0, 0.1) is 17.8 Å². The van der Waals surface area contributed by atoms with Gasteiger partial charge in [-0.2, -0.15) is 0 Å². The summed E-state index contributed by atoms with van der Waals surface area (Å²) in [7, 11) is 0. The lowest BCUT2D eigenvalue weighted by molar-refractivity contribution is -0.126. The van der Waals surface area contributed by atoms with Crippen LogP contribution in [0.25, 0.3) is 11.1 Å². The molecule has 2 nitrogen and oxygen atoms in total. The summed E-state index contributed by atoms with van der Waals surface area (Å²) in [4.78, 5) is 11.7. The topological polar surface area (TPSA) is 43.1 Å². The van der Waals surface area contributed by atoms with Crippen molar-refractivity contribution in [3.05, 3.63) is 59.7 Å². The molecule has 29 heavy (non-hydrogen) atoms. The van der Waals surface area contributed by atoms with Gasteiger partial charge in [0.1, 0.15) is 0 Å². The van der Waals surface area contributed by atoms with Gasteiger partial charge in [-0.25, -0.2) is 0 Å². The fourth-order valence-electron chi connectivity index (χ4n) is 5.92. The van der Waals surface area contributed by atoms with E-state index in [1.165, 1.54) is 86.5 Å². The Kier molecular flexibility index (Phi) is 6.69. The average molecular weight is 390 g/mol. The minimum atomic E-state index is -0.0150. The summed E-state index contributed by atoms with van der Waals surface area (Å²) in [5.41, 5.74) is 11.4. The number of primary amides is 1. The molecule has 0 spiro atoms. The first-order valence-corrected chi connectivity index (χ1v) is 11.7. The molecule has 5 rings (SSSR count). The number of rotatable bonds is 3. The Hall–Kier alpha value is -2.09. The van der Waals surface area contributed by atoms with Crippen LogP contribution < -0.4 is 5.73 Å². The van der Waals surface area contributed by atoms with Gasteiger partial charge in [0.15, 0.2) is 0 Å². The number of hydrogen-bond donors (Lipinski definition) is 1. The van der Waals surface area contributed by atoms with E-state index in [1.807, 2.05) is 0 Å². The smallest absolute Gasteiger partial charge is 0.221 e. The third-order valence-corrected chi connectivity index (χ3v) is 7.35. The van der Waals surface area contributed by atoms with Crippen LogP contribution in [0.15, 0.2) is 48.5 Å². The average Bonchev–Trinajstić information content (AvgIpc) is 3.14. The summed E-state index contributed by atoms with van der Waals surface area (Å²) in [6, 6.07) is 17.3. The zero-order valence-corrected chi connectivity index (χ0v) is 17.6. The standard InChI is InChI=1S/C14H25NO.C13H10/c15-14(16)13(11-7-3-1-4-8-11)12-9-5-2-6-10-12;1-3-7-12-10(5-1)9-11-6-2-4-8-13(11)12/h11-13H,1-10H2,(H2,15,16);1-8H,9H2. The van der Waals surface area contributed by atoms with Crippen molar-refractivity contribution in [2.24, 2.45) is 23.5 Å². The van der Waals surface area contributed by atoms with Crippen molar-refractivity contribution in [3.8, 4) is 11.1 Å². The lowest BCUT2D eigenvalue weighted by Crippen LogP contribution is -2.37. The Labute approximate surface area is 175 Å². The Bertz CT molecular complexity index is 753. The Balaban J connectivity index is 0.000000144. The van der Waals surface area contributed by atoms with E-state index in [9.17, 15) is 4.79 Å². The third-order valence-electron chi connectivity index (χ3n) is 7.35. The van der Waals surface area contributed by atoms with Crippen LogP contribution in [0.4, 0.5) is 0 Å². The highest BCUT2D eigenvalue weighted by atomic mass is 16.1. The van der Waals surface area contributed by atoms with Gasteiger partial charge in [0.05, 0.1) is 0 Å². The minimum absolute atomic E-state index is 0.0150. The number of amides is 1. The molecular weight excluding hydrogens is 354 g/mol. The van der Waals surface area contributed by atoms with Gasteiger partial charge in [0.2, 0.25) is 5.91 Å². The number of nitrogens with two attached hydrogens (primary N) is 1. The number of fused-ring (bicyclic) bond motifs is 3. The van der Waals surface area contributed by atoms with Gasteiger partial charge in [0.25, 0.3) is 0 Å². The van der Waals surface area contributed by atoms with Gasteiger partial charge >= 0.3 is 0 Å². The van der Waals surface area contributed by atoms with Crippen molar-refractivity contribution >= 4 is 5.91 Å². The predicted molar refractivity (Wildman–Crippen MR) is 121 cm³/mol. The van der Waals surface area contributed by atoms with Crippen LogP contribution in [0.1, 0.15) is 75.3 Å². The van der Waals surface area contributed by atoms with Crippen molar-refractivity contribution < 1.29 is 4.79 Å². The van der Waals surface area contributed by atoms with E-state index in [0.29, 0.717) is 11.8 Å². The molecule has 0 atom stereocenters. The molecule has 0 aliphatic heterocycles. The first-order valence-electron chi connectivity index (χ1n) is 11.7. The normalized spacial score (nSPS) is 19.2. The number of carbonyl (C=O) groups excluding carboxylic acids is 1. The van der Waals surface area contributed by atoms with Crippen molar-refractivity contribution in [1.29, 1.82) is 0 Å². The first-order chi connectivity index (χ1) is 14.2. The Morgan fingerprint density at radius 1 is 0.690 bits per heavy atom. The van der Waals surface area contributed by atoms with Gasteiger partial charge < -0.3 is 5.73 Å². The molecule has 2 fully saturated rings. The van der Waals surface area contributed by atoms with E-state index in [-0.39, 0.29) is 11.8 Å². The zero-order valence-electron chi connectivity index (χ0n) is 17.6. The SMILES string of the molecule is NC(=O)C(C1CCCCC1)C1CCCCC1.c1ccc2c(c1)Cc1ccccc1-2. The van der Waals surface area contributed by atoms with Gasteiger partial charge in [0, 0.05) is 5.92 Å². The summed E-state index contributed by atoms with van der Waals surface area (Å²) >= 11 is 0. The van der Waals surface area contributed by atoms with Gasteiger partial charge in [-0.15, -0.1) is 0 Å². The van der Waals surface area contributed by atoms with E-state index >= 15 is 0 Å². The highest BCUT2D eigenvalue weighted by Gasteiger charge is 2.34. The van der Waals surface area contributed by atoms with Gasteiger partial charge in [-0.05, 0) is 66.2 Å². The summed E-state index contributed by atoms with van der Waals surface area (Å²) < 4.78 is 0. The molecule has 154 valence electrons. The summed E-state index contributed by atoms with van der Waals surface area (Å²) in [5.74, 6) is 1.39. The summed E-state index contributed by atoms with van der Waals surface area (Å²) in [5, 5.41) is 0. The minimum Gasteiger partial charge on any atom is -0.369 e. The Morgan fingerprint density at radius 3 is 1.52 bits per heavy atom. The molecule has 2 aromatic rings. The maximum atomic E-state index is 11.7. The second-order valence-electron chi connectivity index (χ2n) is 9.22. The van der Waals surface area contributed by atoms with E-state index in [1.54, 1.807) is 0 Å². The monoisotopic (exact) mass is 389 g/mol. The third kappa shape index (κ3) is 4.74. The molecule has 2 heteroatoms. The fraction of sp³-hybridized carbons (Fsp3) is 0.519. The first kappa shape index (κ1) is 20.2. The number of hydrogen-bond acceptors (Lipinski definition) is 1. The molecule has 0 saturated heterocycles. The molecule has 2 aromatic carbocycles. The van der Waals surface area contributed by atoms with Crippen molar-refractivity contribution in [1.82, 2.24) is 0 Å². The second kappa shape index (κ2) is 9.61. The van der Waals surface area contributed by atoms with Crippen molar-refractivity contribution in [2.75, 3.05) is 0 Å². The van der Waals surface area contributed by atoms with Crippen LogP contribution in [-0.2, 0) is 11.2 Å². The second-order valence-corrected chi connectivity index (χ2v) is 9.22. The number of carbonyl (C=O) groups is 1. The molecule has 0 bridgehead atoms. The molecule has 0 heterocycles. The Morgan fingerprint density at radius 2 is 1.10 bits per heavy atom. The fourth-order valence-corrected chi connectivity index (χ4v) is 5.92. The largest absolute Gasteiger partial charge is 0.369 e. The molecule has 2 saturated carbocycles. The van der Waals surface area contributed by atoms with Gasteiger partial charge in [-0.1, -0.05) is 87.1 Å². The van der Waals surface area contributed by atoms with Crippen LogP contribution in [0.5, 0.6) is 0 Å². The summed E-state index contributed by atoms with van der Waals surface area (Å²) in [6.45, 7) is 0. The van der Waals surface area contributed by atoms with Crippen LogP contribution in [0.3, 0.4) is 0 Å². The van der Waals surface area contributed by atoms with Crippen LogP contribution in [0.2, 0.25) is 0 Å². The summed E-state index contributed by atoms with van der Waals surface area (Å²) in [6.07, 6.45) is 14.0. The predicted octanol–water partition coefficient (Wildman–Crippen LogP) is 6.51. The van der Waals surface area contributed by atoms with E-state index in [4.69, 9.17) is 5.73 Å². The van der Waals surface area contributed by atoms with Crippen molar-refractivity contribution in [2.45, 2.75) is 70.6 Å². The highest BCUT2D eigenvalue weighted by molar-refractivity contribution is 5.77. The van der Waals surface area contributed by atoms with Crippen LogP contribution in [-0.4, -0.2) is 5.91 Å². The maximum Gasteiger partial charge on any atom is 0.221 e. The van der Waals surface area contributed by atoms with E-state index in [0.717, 1.165) is 6.42 Å². The molecule has 0 radical (unpaired) electrons. The van der Waals surface area contributed by atoms with E-state index in [2.05, 4.69) is 48.5 Å². The zero-order chi connectivity index (χ0) is 20.1. The molecule has 0 unspecified atom stereocenters. The molecule has 3 aliphatic rings. The molecule has 3 aliphatic carbocycles.